The maximum Gasteiger partial charge on any atom is 0.322 e. The first-order chi connectivity index (χ1) is 16.9. The van der Waals surface area contributed by atoms with Crippen LogP contribution in [0.15, 0.2) is 36.4 Å². The Bertz CT molecular complexity index is 1090. The van der Waals surface area contributed by atoms with E-state index in [-0.39, 0.29) is 30.2 Å². The van der Waals surface area contributed by atoms with Crippen molar-refractivity contribution >= 4 is 35.0 Å². The first-order valence-corrected chi connectivity index (χ1v) is 12.8. The molecule has 9 heteroatoms. The molecular weight excluding hydrogens is 466 g/mol. The number of para-hydroxylation sites is 1. The number of ether oxygens (including phenoxy) is 1. The fourth-order valence-corrected chi connectivity index (χ4v) is 5.64. The van der Waals surface area contributed by atoms with Crippen molar-refractivity contribution in [3.63, 3.8) is 0 Å². The van der Waals surface area contributed by atoms with Crippen LogP contribution in [0.1, 0.15) is 42.6 Å². The molecule has 0 aliphatic carbocycles. The molecule has 8 nitrogen and oxygen atoms in total. The van der Waals surface area contributed by atoms with Crippen molar-refractivity contribution in [3.05, 3.63) is 52.7 Å². The van der Waals surface area contributed by atoms with Crippen LogP contribution in [0.5, 0.6) is 0 Å². The number of aromatic nitrogens is 1. The molecule has 3 aliphatic heterocycles. The average Bonchev–Trinajstić information content (AvgIpc) is 3.01. The highest BCUT2D eigenvalue weighted by atomic mass is 35.5. The zero-order valence-electron chi connectivity index (χ0n) is 20.2. The van der Waals surface area contributed by atoms with Crippen molar-refractivity contribution in [2.75, 3.05) is 42.9 Å². The zero-order chi connectivity index (χ0) is 24.5. The van der Waals surface area contributed by atoms with E-state index >= 15 is 0 Å². The SMILES string of the molecule is C[C@@H]1CN(C(=O)c2cc(Cl)nc(N3CCC(N4CCc5ccccc5NC4=O)CC3)c2)C[C@H](C)O1. The predicted molar refractivity (Wildman–Crippen MR) is 136 cm³/mol. The summed E-state index contributed by atoms with van der Waals surface area (Å²) in [5.41, 5.74) is 2.63. The highest BCUT2D eigenvalue weighted by Crippen LogP contribution is 2.28. The van der Waals surface area contributed by atoms with Gasteiger partial charge >= 0.3 is 6.03 Å². The van der Waals surface area contributed by atoms with Gasteiger partial charge in [0.05, 0.1) is 12.2 Å². The van der Waals surface area contributed by atoms with Gasteiger partial charge < -0.3 is 24.8 Å². The molecule has 2 aromatic rings. The number of rotatable bonds is 3. The topological polar surface area (TPSA) is 78.0 Å². The van der Waals surface area contributed by atoms with Crippen LogP contribution >= 0.6 is 11.6 Å². The Morgan fingerprint density at radius 3 is 2.54 bits per heavy atom. The lowest BCUT2D eigenvalue weighted by Crippen LogP contribution is -2.49. The van der Waals surface area contributed by atoms with Gasteiger partial charge in [-0.05, 0) is 56.9 Å². The number of hydrogen-bond donors (Lipinski definition) is 1. The molecule has 0 radical (unpaired) electrons. The van der Waals surface area contributed by atoms with Crippen molar-refractivity contribution in [3.8, 4) is 0 Å². The lowest BCUT2D eigenvalue weighted by atomic mass is 10.0. The Labute approximate surface area is 211 Å². The first kappa shape index (κ1) is 23.9. The molecule has 3 amide bonds. The highest BCUT2D eigenvalue weighted by Gasteiger charge is 2.31. The summed E-state index contributed by atoms with van der Waals surface area (Å²) in [4.78, 5) is 36.6. The van der Waals surface area contributed by atoms with Gasteiger partial charge in [-0.1, -0.05) is 29.8 Å². The second-order valence-electron chi connectivity index (χ2n) is 9.75. The number of piperidine rings is 1. The molecule has 2 saturated heterocycles. The Balaban J connectivity index is 1.25. The summed E-state index contributed by atoms with van der Waals surface area (Å²) < 4.78 is 5.77. The van der Waals surface area contributed by atoms with E-state index in [9.17, 15) is 9.59 Å². The van der Waals surface area contributed by atoms with Gasteiger partial charge in [0.15, 0.2) is 0 Å². The number of nitrogens with zero attached hydrogens (tertiary/aromatic N) is 4. The molecular formula is C26H32ClN5O3. The lowest BCUT2D eigenvalue weighted by molar-refractivity contribution is -0.0586. The standard InChI is InChI=1S/C26H32ClN5O3/c1-17-15-31(16-18(2)35-17)25(33)20-13-23(27)29-24(14-20)30-10-8-21(9-11-30)32-12-7-19-5-3-4-6-22(19)28-26(32)34/h3-6,13-14,17-18,21H,7-12,15-16H2,1-2H3,(H,28,34)/t17-,18+. The van der Waals surface area contributed by atoms with Gasteiger partial charge in [0.2, 0.25) is 0 Å². The van der Waals surface area contributed by atoms with E-state index in [1.54, 1.807) is 6.07 Å². The van der Waals surface area contributed by atoms with Gasteiger partial charge in [-0.15, -0.1) is 0 Å². The summed E-state index contributed by atoms with van der Waals surface area (Å²) in [6.45, 7) is 7.28. The number of nitrogens with one attached hydrogen (secondary N) is 1. The molecule has 4 heterocycles. The van der Waals surface area contributed by atoms with Crippen LogP contribution in [0.4, 0.5) is 16.3 Å². The molecule has 1 aromatic carbocycles. The fraction of sp³-hybridized carbons (Fsp3) is 0.500. The number of urea groups is 1. The number of benzene rings is 1. The number of fused-ring (bicyclic) bond motifs is 1. The van der Waals surface area contributed by atoms with Crippen LogP contribution in [0.2, 0.25) is 5.15 Å². The minimum Gasteiger partial charge on any atom is -0.372 e. The first-order valence-electron chi connectivity index (χ1n) is 12.4. The second-order valence-corrected chi connectivity index (χ2v) is 10.1. The van der Waals surface area contributed by atoms with Gasteiger partial charge in [-0.3, -0.25) is 4.79 Å². The number of carbonyl (C=O) groups is 2. The molecule has 1 aromatic heterocycles. The summed E-state index contributed by atoms with van der Waals surface area (Å²) >= 11 is 6.35. The molecule has 5 rings (SSSR count). The predicted octanol–water partition coefficient (Wildman–Crippen LogP) is 4.04. The third-order valence-corrected chi connectivity index (χ3v) is 7.30. The van der Waals surface area contributed by atoms with Crippen LogP contribution < -0.4 is 10.2 Å². The highest BCUT2D eigenvalue weighted by molar-refractivity contribution is 6.30. The van der Waals surface area contributed by atoms with Crippen LogP contribution in [0.25, 0.3) is 0 Å². The number of hydrogen-bond acceptors (Lipinski definition) is 5. The Kier molecular flexibility index (Phi) is 6.84. The quantitative estimate of drug-likeness (QED) is 0.647. The van der Waals surface area contributed by atoms with Crippen molar-refractivity contribution in [2.45, 2.75) is 51.4 Å². The molecule has 0 spiro atoms. The molecule has 0 bridgehead atoms. The molecule has 35 heavy (non-hydrogen) atoms. The van der Waals surface area contributed by atoms with E-state index in [1.165, 1.54) is 5.56 Å². The van der Waals surface area contributed by atoms with Crippen molar-refractivity contribution in [1.82, 2.24) is 14.8 Å². The molecule has 3 aliphatic rings. The van der Waals surface area contributed by atoms with Crippen molar-refractivity contribution in [2.24, 2.45) is 0 Å². The normalized spacial score (nSPS) is 23.5. The summed E-state index contributed by atoms with van der Waals surface area (Å²) in [5.74, 6) is 0.662. The molecule has 2 atom stereocenters. The zero-order valence-corrected chi connectivity index (χ0v) is 21.0. The van der Waals surface area contributed by atoms with Crippen molar-refractivity contribution < 1.29 is 14.3 Å². The number of anilines is 2. The maximum atomic E-state index is 13.2. The second kappa shape index (κ2) is 10.0. The van der Waals surface area contributed by atoms with Crippen LogP contribution in [-0.2, 0) is 11.2 Å². The molecule has 0 saturated carbocycles. The minimum absolute atomic E-state index is 0.00230. The van der Waals surface area contributed by atoms with Gasteiger partial charge in [0.1, 0.15) is 11.0 Å². The van der Waals surface area contributed by atoms with Crippen LogP contribution in [0.3, 0.4) is 0 Å². The van der Waals surface area contributed by atoms with Crippen molar-refractivity contribution in [1.29, 1.82) is 0 Å². The molecule has 1 N–H and O–H groups in total. The Morgan fingerprint density at radius 1 is 1.09 bits per heavy atom. The van der Waals surface area contributed by atoms with E-state index in [0.717, 1.165) is 38.0 Å². The van der Waals surface area contributed by atoms with E-state index in [2.05, 4.69) is 21.3 Å². The van der Waals surface area contributed by atoms with Crippen LogP contribution in [-0.4, -0.2) is 77.7 Å². The van der Waals surface area contributed by atoms with E-state index in [1.807, 2.05) is 47.9 Å². The third kappa shape index (κ3) is 5.23. The lowest BCUT2D eigenvalue weighted by Gasteiger charge is -2.38. The number of carbonyl (C=O) groups excluding carboxylic acids is 2. The number of morpholine rings is 1. The van der Waals surface area contributed by atoms with Gasteiger partial charge in [0, 0.05) is 50.0 Å². The summed E-state index contributed by atoms with van der Waals surface area (Å²) in [5, 5.41) is 3.38. The molecule has 2 fully saturated rings. The van der Waals surface area contributed by atoms with E-state index in [0.29, 0.717) is 36.2 Å². The monoisotopic (exact) mass is 497 g/mol. The van der Waals surface area contributed by atoms with E-state index in [4.69, 9.17) is 16.3 Å². The smallest absolute Gasteiger partial charge is 0.322 e. The third-order valence-electron chi connectivity index (χ3n) is 7.11. The summed E-state index contributed by atoms with van der Waals surface area (Å²) in [6.07, 6.45) is 2.51. The maximum absolute atomic E-state index is 13.2. The minimum atomic E-state index is -0.0479. The van der Waals surface area contributed by atoms with Gasteiger partial charge in [0.25, 0.3) is 5.91 Å². The number of amides is 3. The number of halogens is 1. The number of pyridine rings is 1. The Hall–Kier alpha value is -2.84. The molecule has 0 unspecified atom stereocenters. The van der Waals surface area contributed by atoms with E-state index < -0.39 is 0 Å². The average molecular weight is 498 g/mol. The molecule has 186 valence electrons. The summed E-state index contributed by atoms with van der Waals surface area (Å²) in [7, 11) is 0. The summed E-state index contributed by atoms with van der Waals surface area (Å²) in [6, 6.07) is 11.6. The van der Waals surface area contributed by atoms with Gasteiger partial charge in [-0.25, -0.2) is 9.78 Å². The fourth-order valence-electron chi connectivity index (χ4n) is 5.44. The largest absolute Gasteiger partial charge is 0.372 e. The van der Waals surface area contributed by atoms with Gasteiger partial charge in [-0.2, -0.15) is 0 Å². The van der Waals surface area contributed by atoms with Crippen LogP contribution in [0, 0.1) is 0 Å². The Morgan fingerprint density at radius 2 is 1.80 bits per heavy atom.